The number of carbonyl (C=O) groups excluding carboxylic acids is 2. The van der Waals surface area contributed by atoms with Gasteiger partial charge in [0.05, 0.1) is 6.54 Å². The summed E-state index contributed by atoms with van der Waals surface area (Å²) in [7, 11) is 1.89. The Bertz CT molecular complexity index is 713. The SMILES string of the molecule is CN(CC(=O)Nc1ccc(N2CCCC2=O)cc1)c1ccccc1. The predicted molar refractivity (Wildman–Crippen MR) is 96.4 cm³/mol. The van der Waals surface area contributed by atoms with Crippen molar-refractivity contribution in [3.63, 3.8) is 0 Å². The maximum Gasteiger partial charge on any atom is 0.243 e. The van der Waals surface area contributed by atoms with Crippen molar-refractivity contribution in [2.75, 3.05) is 35.3 Å². The van der Waals surface area contributed by atoms with E-state index in [0.29, 0.717) is 6.42 Å². The number of hydrogen-bond acceptors (Lipinski definition) is 3. The lowest BCUT2D eigenvalue weighted by atomic mass is 10.2. The molecule has 1 heterocycles. The first-order chi connectivity index (χ1) is 11.6. The summed E-state index contributed by atoms with van der Waals surface area (Å²) in [6, 6.07) is 17.2. The number of hydrogen-bond donors (Lipinski definition) is 1. The molecule has 1 fully saturated rings. The Morgan fingerprint density at radius 3 is 2.46 bits per heavy atom. The summed E-state index contributed by atoms with van der Waals surface area (Å²) < 4.78 is 0. The highest BCUT2D eigenvalue weighted by molar-refractivity contribution is 5.96. The van der Waals surface area contributed by atoms with Gasteiger partial charge in [-0.2, -0.15) is 0 Å². The number of anilines is 3. The molecule has 0 saturated carbocycles. The highest BCUT2D eigenvalue weighted by atomic mass is 16.2. The van der Waals surface area contributed by atoms with Crippen molar-refractivity contribution in [3.8, 4) is 0 Å². The number of likely N-dealkylation sites (N-methyl/N-ethyl adjacent to an activating group) is 1. The number of benzene rings is 2. The van der Waals surface area contributed by atoms with Gasteiger partial charge in [-0.3, -0.25) is 9.59 Å². The van der Waals surface area contributed by atoms with Gasteiger partial charge in [-0.25, -0.2) is 0 Å². The van der Waals surface area contributed by atoms with Crippen LogP contribution in [0.2, 0.25) is 0 Å². The van der Waals surface area contributed by atoms with Crippen molar-refractivity contribution in [2.45, 2.75) is 12.8 Å². The molecule has 2 amide bonds. The Hall–Kier alpha value is -2.82. The number of carbonyl (C=O) groups is 2. The van der Waals surface area contributed by atoms with Gasteiger partial charge in [0.25, 0.3) is 0 Å². The molecule has 0 spiro atoms. The molecule has 24 heavy (non-hydrogen) atoms. The first-order valence-corrected chi connectivity index (χ1v) is 8.10. The normalized spacial score (nSPS) is 13.9. The summed E-state index contributed by atoms with van der Waals surface area (Å²) in [6.45, 7) is 1.04. The second kappa shape index (κ2) is 7.17. The van der Waals surface area contributed by atoms with Crippen molar-refractivity contribution in [1.29, 1.82) is 0 Å². The van der Waals surface area contributed by atoms with Crippen LogP contribution < -0.4 is 15.1 Å². The second-order valence-corrected chi connectivity index (χ2v) is 5.94. The number of para-hydroxylation sites is 1. The third kappa shape index (κ3) is 3.74. The van der Waals surface area contributed by atoms with Crippen LogP contribution in [0.4, 0.5) is 17.1 Å². The first-order valence-electron chi connectivity index (χ1n) is 8.10. The fourth-order valence-corrected chi connectivity index (χ4v) is 2.84. The molecule has 1 N–H and O–H groups in total. The molecular weight excluding hydrogens is 302 g/mol. The molecule has 0 bridgehead atoms. The van der Waals surface area contributed by atoms with Crippen LogP contribution in [-0.2, 0) is 9.59 Å². The molecule has 0 radical (unpaired) electrons. The van der Waals surface area contributed by atoms with E-state index in [1.807, 2.05) is 66.5 Å². The lowest BCUT2D eigenvalue weighted by molar-refractivity contribution is -0.117. The summed E-state index contributed by atoms with van der Waals surface area (Å²) in [5, 5.41) is 2.89. The van der Waals surface area contributed by atoms with Gasteiger partial charge < -0.3 is 15.1 Å². The highest BCUT2D eigenvalue weighted by Gasteiger charge is 2.21. The Kier molecular flexibility index (Phi) is 4.79. The van der Waals surface area contributed by atoms with Gasteiger partial charge in [0.2, 0.25) is 11.8 Å². The third-order valence-corrected chi connectivity index (χ3v) is 4.11. The molecule has 0 aliphatic carbocycles. The largest absolute Gasteiger partial charge is 0.365 e. The van der Waals surface area contributed by atoms with Gasteiger partial charge in [0.1, 0.15) is 0 Å². The molecule has 2 aromatic carbocycles. The average molecular weight is 323 g/mol. The fraction of sp³-hybridized carbons (Fsp3) is 0.263. The van der Waals surface area contributed by atoms with E-state index in [1.165, 1.54) is 0 Å². The van der Waals surface area contributed by atoms with Crippen LogP contribution in [0.1, 0.15) is 12.8 Å². The quantitative estimate of drug-likeness (QED) is 0.920. The minimum Gasteiger partial charge on any atom is -0.365 e. The third-order valence-electron chi connectivity index (χ3n) is 4.11. The number of amides is 2. The van der Waals surface area contributed by atoms with Gasteiger partial charge in [-0.15, -0.1) is 0 Å². The zero-order valence-electron chi connectivity index (χ0n) is 13.7. The molecule has 0 atom stereocenters. The molecule has 124 valence electrons. The van der Waals surface area contributed by atoms with Gasteiger partial charge in [0, 0.05) is 37.1 Å². The minimum absolute atomic E-state index is 0.0775. The topological polar surface area (TPSA) is 52.7 Å². The summed E-state index contributed by atoms with van der Waals surface area (Å²) >= 11 is 0. The van der Waals surface area contributed by atoms with Crippen molar-refractivity contribution in [2.24, 2.45) is 0 Å². The molecular formula is C19H21N3O2. The van der Waals surface area contributed by atoms with E-state index < -0.39 is 0 Å². The van der Waals surface area contributed by atoms with E-state index in [1.54, 1.807) is 4.90 Å². The van der Waals surface area contributed by atoms with Crippen LogP contribution >= 0.6 is 0 Å². The van der Waals surface area contributed by atoms with E-state index in [9.17, 15) is 9.59 Å². The van der Waals surface area contributed by atoms with Crippen LogP contribution in [0, 0.1) is 0 Å². The zero-order chi connectivity index (χ0) is 16.9. The predicted octanol–water partition coefficient (Wildman–Crippen LogP) is 2.89. The lowest BCUT2D eigenvalue weighted by Crippen LogP contribution is -2.30. The number of rotatable bonds is 5. The van der Waals surface area contributed by atoms with E-state index in [0.717, 1.165) is 30.0 Å². The number of nitrogens with zero attached hydrogens (tertiary/aromatic N) is 2. The second-order valence-electron chi connectivity index (χ2n) is 5.94. The van der Waals surface area contributed by atoms with Gasteiger partial charge in [-0.05, 0) is 42.8 Å². The zero-order valence-corrected chi connectivity index (χ0v) is 13.7. The lowest BCUT2D eigenvalue weighted by Gasteiger charge is -2.19. The average Bonchev–Trinajstić information content (AvgIpc) is 3.02. The molecule has 1 aliphatic rings. The molecule has 5 heteroatoms. The Morgan fingerprint density at radius 2 is 1.83 bits per heavy atom. The standard InChI is InChI=1S/C19H21N3O2/c1-21(16-6-3-2-4-7-16)14-18(23)20-15-9-11-17(12-10-15)22-13-5-8-19(22)24/h2-4,6-7,9-12H,5,8,13-14H2,1H3,(H,20,23). The molecule has 0 unspecified atom stereocenters. The van der Waals surface area contributed by atoms with E-state index >= 15 is 0 Å². The minimum atomic E-state index is -0.0775. The Morgan fingerprint density at radius 1 is 1.12 bits per heavy atom. The van der Waals surface area contributed by atoms with Crippen LogP contribution in [0.3, 0.4) is 0 Å². The van der Waals surface area contributed by atoms with Crippen LogP contribution in [0.15, 0.2) is 54.6 Å². The van der Waals surface area contributed by atoms with Crippen LogP contribution in [0.5, 0.6) is 0 Å². The summed E-state index contributed by atoms with van der Waals surface area (Å²) in [5.74, 6) is 0.0858. The maximum absolute atomic E-state index is 12.2. The van der Waals surface area contributed by atoms with Crippen LogP contribution in [0.25, 0.3) is 0 Å². The molecule has 1 saturated heterocycles. The molecule has 1 aliphatic heterocycles. The molecule has 2 aromatic rings. The van der Waals surface area contributed by atoms with Gasteiger partial charge in [-0.1, -0.05) is 18.2 Å². The Balaban J connectivity index is 1.57. The van der Waals surface area contributed by atoms with E-state index in [2.05, 4.69) is 5.32 Å². The maximum atomic E-state index is 12.2. The summed E-state index contributed by atoms with van der Waals surface area (Å²) in [4.78, 5) is 27.6. The summed E-state index contributed by atoms with van der Waals surface area (Å²) in [5.41, 5.74) is 2.62. The highest BCUT2D eigenvalue weighted by Crippen LogP contribution is 2.23. The number of nitrogens with one attached hydrogen (secondary N) is 1. The van der Waals surface area contributed by atoms with Gasteiger partial charge in [0.15, 0.2) is 0 Å². The van der Waals surface area contributed by atoms with Crippen molar-refractivity contribution in [3.05, 3.63) is 54.6 Å². The molecule has 3 rings (SSSR count). The molecule has 0 aromatic heterocycles. The monoisotopic (exact) mass is 323 g/mol. The molecule has 5 nitrogen and oxygen atoms in total. The first kappa shape index (κ1) is 16.1. The van der Waals surface area contributed by atoms with Crippen molar-refractivity contribution < 1.29 is 9.59 Å². The van der Waals surface area contributed by atoms with Crippen LogP contribution in [-0.4, -0.2) is 32.0 Å². The van der Waals surface area contributed by atoms with Crippen molar-refractivity contribution in [1.82, 2.24) is 0 Å². The van der Waals surface area contributed by atoms with Gasteiger partial charge >= 0.3 is 0 Å². The van der Waals surface area contributed by atoms with E-state index in [4.69, 9.17) is 0 Å². The summed E-state index contributed by atoms with van der Waals surface area (Å²) in [6.07, 6.45) is 1.52. The van der Waals surface area contributed by atoms with Crippen molar-refractivity contribution >= 4 is 28.9 Å². The fourth-order valence-electron chi connectivity index (χ4n) is 2.84. The Labute approximate surface area is 141 Å². The smallest absolute Gasteiger partial charge is 0.243 e. The van der Waals surface area contributed by atoms with E-state index in [-0.39, 0.29) is 18.4 Å².